The van der Waals surface area contributed by atoms with Crippen molar-refractivity contribution in [3.63, 3.8) is 0 Å². The highest BCUT2D eigenvalue weighted by atomic mass is 31.1. The summed E-state index contributed by atoms with van der Waals surface area (Å²) in [5.41, 5.74) is 0. The first-order chi connectivity index (χ1) is 4.79. The van der Waals surface area contributed by atoms with E-state index in [4.69, 9.17) is 0 Å². The molecule has 56 valence electrons. The van der Waals surface area contributed by atoms with Gasteiger partial charge in [-0.2, -0.15) is 0 Å². The van der Waals surface area contributed by atoms with Crippen LogP contribution in [0.25, 0.3) is 0 Å². The van der Waals surface area contributed by atoms with Gasteiger partial charge in [-0.05, 0) is 0 Å². The molecule has 1 saturated heterocycles. The van der Waals surface area contributed by atoms with Crippen LogP contribution in [0, 0.1) is 0 Å². The van der Waals surface area contributed by atoms with Gasteiger partial charge in [0, 0.05) is 9.13 Å². The maximum absolute atomic E-state index is 10.4. The Balaban J connectivity index is 2.34. The Labute approximate surface area is 58.3 Å². The third kappa shape index (κ3) is 2.75. The molecule has 0 aliphatic carbocycles. The van der Waals surface area contributed by atoms with Gasteiger partial charge >= 0.3 is 16.5 Å². The van der Waals surface area contributed by atoms with Crippen LogP contribution in [0.4, 0.5) is 0 Å². The zero-order valence-electron chi connectivity index (χ0n) is 4.76. The van der Waals surface area contributed by atoms with Crippen LogP contribution in [0.2, 0.25) is 0 Å². The van der Waals surface area contributed by atoms with Crippen molar-refractivity contribution < 1.29 is 27.2 Å². The van der Waals surface area contributed by atoms with E-state index < -0.39 is 16.5 Å². The molecule has 1 heterocycles. The third-order valence-electron chi connectivity index (χ3n) is 0.632. The second-order valence-corrected chi connectivity index (χ2v) is 3.13. The summed E-state index contributed by atoms with van der Waals surface area (Å²) >= 11 is 0. The fraction of sp³-hybridized carbons (Fsp3) is 1.00. The maximum atomic E-state index is 10.4. The van der Waals surface area contributed by atoms with Crippen LogP contribution < -0.4 is 0 Å². The molecule has 1 aliphatic rings. The largest absolute Gasteiger partial charge is 0.702 e. The van der Waals surface area contributed by atoms with Crippen molar-refractivity contribution in [2.45, 2.75) is 0 Å². The Bertz CT molecular complexity index is 126. The first kappa shape index (κ1) is 8.14. The van der Waals surface area contributed by atoms with E-state index in [1.54, 1.807) is 0 Å². The quantitative estimate of drug-likeness (QED) is 0.530. The van der Waals surface area contributed by atoms with Crippen molar-refractivity contribution in [2.24, 2.45) is 0 Å². The lowest BCUT2D eigenvalue weighted by atomic mass is 11.6. The monoisotopic (exact) mass is 186 g/mol. The van der Waals surface area contributed by atoms with Crippen LogP contribution >= 0.6 is 16.5 Å². The highest BCUT2D eigenvalue weighted by molar-refractivity contribution is 7.34. The van der Waals surface area contributed by atoms with Crippen molar-refractivity contribution in [1.29, 1.82) is 0 Å². The summed E-state index contributed by atoms with van der Waals surface area (Å²) in [5, 5.41) is 0. The van der Waals surface area contributed by atoms with Gasteiger partial charge in [-0.25, -0.2) is 0 Å². The average Bonchev–Trinajstić information content (AvgIpc) is 1.84. The number of rotatable bonds is 0. The van der Waals surface area contributed by atoms with Gasteiger partial charge in [0.2, 0.25) is 0 Å². The molecule has 0 aromatic carbocycles. The lowest BCUT2D eigenvalue weighted by Crippen LogP contribution is -1.97. The smallest absolute Gasteiger partial charge is 0.0850 e. The van der Waals surface area contributed by atoms with E-state index in [-0.39, 0.29) is 13.6 Å². The summed E-state index contributed by atoms with van der Waals surface area (Å²) in [7, 11) is -4.37. The Hall–Kier alpha value is 0.0400. The molecule has 0 saturated carbocycles. The molecular weight excluding hydrogens is 182 g/mol. The molecule has 0 radical (unpaired) electrons. The molecule has 1 aliphatic heterocycles. The number of hydrogen-bond acceptors (Lipinski definition) is 6. The van der Waals surface area contributed by atoms with Crippen LogP contribution in [0.5, 0.6) is 0 Å². The van der Waals surface area contributed by atoms with Crippen LogP contribution in [0.15, 0.2) is 0 Å². The van der Waals surface area contributed by atoms with Crippen molar-refractivity contribution in [2.75, 3.05) is 13.6 Å². The lowest BCUT2D eigenvalue weighted by molar-refractivity contribution is 0.0276. The fourth-order valence-electron chi connectivity index (χ4n) is 0.294. The second-order valence-electron chi connectivity index (χ2n) is 1.20. The molecule has 10 heavy (non-hydrogen) atoms. The van der Waals surface area contributed by atoms with E-state index in [0.29, 0.717) is 0 Å². The van der Waals surface area contributed by atoms with E-state index in [2.05, 4.69) is 18.1 Å². The zero-order chi connectivity index (χ0) is 7.40. The Morgan fingerprint density at radius 1 is 0.800 bits per heavy atom. The zero-order valence-corrected chi connectivity index (χ0v) is 6.55. The average molecular weight is 186 g/mol. The lowest BCUT2D eigenvalue weighted by Gasteiger charge is -1.88. The Kier molecular flexibility index (Phi) is 3.28. The molecule has 1 rings (SSSR count). The molecule has 6 nitrogen and oxygen atoms in total. The molecule has 8 heteroatoms. The van der Waals surface area contributed by atoms with Gasteiger partial charge in [0.05, 0.1) is 0 Å². The van der Waals surface area contributed by atoms with E-state index >= 15 is 0 Å². The van der Waals surface area contributed by atoms with Crippen LogP contribution in [0.1, 0.15) is 0 Å². The molecular formula is C2H4O6P2+2. The second kappa shape index (κ2) is 4.03. The molecule has 0 atom stereocenters. The molecule has 0 aromatic heterocycles. The topological polar surface area (TPSA) is 71.1 Å². The van der Waals surface area contributed by atoms with E-state index in [1.165, 1.54) is 0 Å². The van der Waals surface area contributed by atoms with Gasteiger partial charge in [0.15, 0.2) is 0 Å². The summed E-state index contributed by atoms with van der Waals surface area (Å²) in [4.78, 5) is 0. The minimum atomic E-state index is -2.18. The fourth-order valence-corrected chi connectivity index (χ4v) is 1.16. The minimum Gasteiger partial charge on any atom is -0.0850 e. The van der Waals surface area contributed by atoms with Gasteiger partial charge < -0.3 is 0 Å². The molecule has 0 aromatic rings. The SMILES string of the molecule is O=[P+]1OCO[P+](=O)OCO1. The first-order valence-electron chi connectivity index (χ1n) is 2.25. The predicted molar refractivity (Wildman–Crippen MR) is 29.3 cm³/mol. The van der Waals surface area contributed by atoms with Crippen molar-refractivity contribution in [3.8, 4) is 0 Å². The summed E-state index contributed by atoms with van der Waals surface area (Å²) < 4.78 is 38.2. The highest BCUT2D eigenvalue weighted by Crippen LogP contribution is 2.33. The summed E-state index contributed by atoms with van der Waals surface area (Å²) in [5.74, 6) is 0. The third-order valence-corrected chi connectivity index (χ3v) is 1.90. The van der Waals surface area contributed by atoms with Crippen LogP contribution in [-0.4, -0.2) is 13.6 Å². The molecule has 0 N–H and O–H groups in total. The molecule has 1 fully saturated rings. The minimum absolute atomic E-state index is 0.343. The summed E-state index contributed by atoms with van der Waals surface area (Å²) in [6.07, 6.45) is 0. The molecule has 0 unspecified atom stereocenters. The van der Waals surface area contributed by atoms with Crippen LogP contribution in [-0.2, 0) is 27.2 Å². The van der Waals surface area contributed by atoms with Gasteiger partial charge in [-0.15, -0.1) is 0 Å². The standard InChI is InChI=1S/C2H4O6P2/c3-9-5-1-6-10(4)8-2-7-9/h1-2H2/q+2. The van der Waals surface area contributed by atoms with Gasteiger partial charge in [0.25, 0.3) is 13.6 Å². The first-order valence-corrected chi connectivity index (χ1v) is 4.44. The van der Waals surface area contributed by atoms with E-state index in [0.717, 1.165) is 0 Å². The molecule has 0 bridgehead atoms. The van der Waals surface area contributed by atoms with Crippen molar-refractivity contribution in [3.05, 3.63) is 0 Å². The molecule has 0 amide bonds. The maximum Gasteiger partial charge on any atom is 0.702 e. The van der Waals surface area contributed by atoms with Crippen LogP contribution in [0.3, 0.4) is 0 Å². The number of hydrogen-bond donors (Lipinski definition) is 0. The van der Waals surface area contributed by atoms with Gasteiger partial charge in [0.1, 0.15) is 0 Å². The molecule has 0 spiro atoms. The predicted octanol–water partition coefficient (Wildman–Crippen LogP) is 1.30. The van der Waals surface area contributed by atoms with E-state index in [9.17, 15) is 9.13 Å². The normalized spacial score (nSPS) is 29.2. The van der Waals surface area contributed by atoms with Gasteiger partial charge in [-0.3, -0.25) is 0 Å². The Morgan fingerprint density at radius 3 is 1.40 bits per heavy atom. The Morgan fingerprint density at radius 2 is 1.10 bits per heavy atom. The van der Waals surface area contributed by atoms with Crippen molar-refractivity contribution >= 4 is 16.5 Å². The highest BCUT2D eigenvalue weighted by Gasteiger charge is 2.32. The summed E-state index contributed by atoms with van der Waals surface area (Å²) in [6, 6.07) is 0. The van der Waals surface area contributed by atoms with Crippen molar-refractivity contribution in [1.82, 2.24) is 0 Å². The van der Waals surface area contributed by atoms with Gasteiger partial charge in [-0.1, -0.05) is 18.1 Å². The van der Waals surface area contributed by atoms with E-state index in [1.807, 2.05) is 0 Å². The summed E-state index contributed by atoms with van der Waals surface area (Å²) in [6.45, 7) is -0.686.